The first-order valence-electron chi connectivity index (χ1n) is 5.91. The first kappa shape index (κ1) is 13.1. The number of allylic oxidation sites excluding steroid dienone is 1. The third kappa shape index (κ3) is 3.79. The highest BCUT2D eigenvalue weighted by Gasteiger charge is 1.99. The molecule has 0 bridgehead atoms. The van der Waals surface area contributed by atoms with Gasteiger partial charge in [-0.2, -0.15) is 0 Å². The van der Waals surface area contributed by atoms with Crippen molar-refractivity contribution in [1.82, 2.24) is 0 Å². The molecule has 96 valence electrons. The number of ether oxygens (including phenoxy) is 1. The summed E-state index contributed by atoms with van der Waals surface area (Å²) < 4.78 is 4.92. The van der Waals surface area contributed by atoms with Crippen LogP contribution in [0.3, 0.4) is 0 Å². The summed E-state index contributed by atoms with van der Waals surface area (Å²) in [7, 11) is 0. The molecule has 1 N–H and O–H groups in total. The van der Waals surface area contributed by atoms with Gasteiger partial charge in [-0.25, -0.2) is 0 Å². The number of ketones is 1. The number of carbonyl (C=O) groups excluding carboxylic acids is 1. The van der Waals surface area contributed by atoms with E-state index in [4.69, 9.17) is 9.84 Å². The van der Waals surface area contributed by atoms with Crippen LogP contribution in [0.4, 0.5) is 0 Å². The Hall–Kier alpha value is -2.39. The van der Waals surface area contributed by atoms with Gasteiger partial charge in [-0.1, -0.05) is 48.5 Å². The van der Waals surface area contributed by atoms with E-state index in [1.165, 1.54) is 6.08 Å². The Bertz CT molecular complexity index is 556. The maximum absolute atomic E-state index is 11.8. The number of rotatable bonds is 5. The molecule has 0 saturated heterocycles. The Morgan fingerprint density at radius 1 is 1.05 bits per heavy atom. The van der Waals surface area contributed by atoms with E-state index in [1.54, 1.807) is 30.3 Å². The van der Waals surface area contributed by atoms with Gasteiger partial charge in [0.25, 0.3) is 0 Å². The second-order valence-electron chi connectivity index (χ2n) is 3.91. The second kappa shape index (κ2) is 6.52. The molecule has 3 heteroatoms. The van der Waals surface area contributed by atoms with Crippen LogP contribution in [0.5, 0.6) is 5.75 Å². The average molecular weight is 254 g/mol. The highest BCUT2D eigenvalue weighted by Crippen LogP contribution is 2.13. The van der Waals surface area contributed by atoms with Crippen molar-refractivity contribution in [3.8, 4) is 5.75 Å². The van der Waals surface area contributed by atoms with E-state index < -0.39 is 0 Å². The summed E-state index contributed by atoms with van der Waals surface area (Å²) >= 11 is 0. The van der Waals surface area contributed by atoms with Gasteiger partial charge in [0.2, 0.25) is 0 Å². The van der Waals surface area contributed by atoms with E-state index in [0.29, 0.717) is 11.3 Å². The molecule has 0 aliphatic carbocycles. The van der Waals surface area contributed by atoms with E-state index in [2.05, 4.69) is 0 Å². The molecule has 0 fully saturated rings. The molecule has 0 spiro atoms. The predicted octanol–water partition coefficient (Wildman–Crippen LogP) is 2.91. The number of aliphatic hydroxyl groups excluding tert-OH is 1. The summed E-state index contributed by atoms with van der Waals surface area (Å²) in [5, 5.41) is 8.61. The fourth-order valence-corrected chi connectivity index (χ4v) is 1.62. The van der Waals surface area contributed by atoms with Crippen LogP contribution in [0.25, 0.3) is 6.08 Å². The van der Waals surface area contributed by atoms with Gasteiger partial charge < -0.3 is 9.84 Å². The van der Waals surface area contributed by atoms with Crippen molar-refractivity contribution in [2.75, 3.05) is 6.79 Å². The molecular weight excluding hydrogens is 240 g/mol. The molecule has 0 aromatic heterocycles. The molecule has 2 rings (SSSR count). The largest absolute Gasteiger partial charge is 0.468 e. The number of aliphatic hydroxyl groups is 1. The first-order chi connectivity index (χ1) is 9.29. The number of hydrogen-bond donors (Lipinski definition) is 1. The number of hydrogen-bond acceptors (Lipinski definition) is 3. The zero-order valence-electron chi connectivity index (χ0n) is 10.3. The van der Waals surface area contributed by atoms with Gasteiger partial charge in [-0.05, 0) is 23.8 Å². The zero-order valence-corrected chi connectivity index (χ0v) is 10.3. The molecule has 2 aromatic carbocycles. The van der Waals surface area contributed by atoms with Crippen molar-refractivity contribution in [3.63, 3.8) is 0 Å². The summed E-state index contributed by atoms with van der Waals surface area (Å²) in [4.78, 5) is 11.8. The van der Waals surface area contributed by atoms with Crippen molar-refractivity contribution >= 4 is 11.9 Å². The van der Waals surface area contributed by atoms with Crippen LogP contribution in [0.15, 0.2) is 60.7 Å². The third-order valence-electron chi connectivity index (χ3n) is 2.60. The van der Waals surface area contributed by atoms with Crippen LogP contribution in [-0.2, 0) is 0 Å². The second-order valence-corrected chi connectivity index (χ2v) is 3.91. The Balaban J connectivity index is 2.04. The van der Waals surface area contributed by atoms with Gasteiger partial charge in [-0.3, -0.25) is 4.79 Å². The summed E-state index contributed by atoms with van der Waals surface area (Å²) in [6.07, 6.45) is 3.29. The zero-order chi connectivity index (χ0) is 13.5. The molecule has 0 heterocycles. The molecule has 0 amide bonds. The van der Waals surface area contributed by atoms with Crippen LogP contribution in [0.1, 0.15) is 15.9 Å². The lowest BCUT2D eigenvalue weighted by molar-refractivity contribution is 0.0985. The Labute approximate surface area is 111 Å². The molecule has 3 nitrogen and oxygen atoms in total. The Morgan fingerprint density at radius 2 is 1.74 bits per heavy atom. The smallest absolute Gasteiger partial charge is 0.186 e. The molecule has 0 aliphatic rings. The minimum atomic E-state index is -0.346. The average Bonchev–Trinajstić information content (AvgIpc) is 2.47. The van der Waals surface area contributed by atoms with Crippen molar-refractivity contribution in [2.24, 2.45) is 0 Å². The Morgan fingerprint density at radius 3 is 2.37 bits per heavy atom. The first-order valence-corrected chi connectivity index (χ1v) is 5.91. The van der Waals surface area contributed by atoms with E-state index in [1.807, 2.05) is 30.3 Å². The summed E-state index contributed by atoms with van der Waals surface area (Å²) in [6.45, 7) is -0.346. The fraction of sp³-hybridized carbons (Fsp3) is 0.0625. The minimum Gasteiger partial charge on any atom is -0.468 e. The van der Waals surface area contributed by atoms with Gasteiger partial charge >= 0.3 is 0 Å². The fourth-order valence-electron chi connectivity index (χ4n) is 1.62. The standard InChI is InChI=1S/C16H14O3/c17-12-19-15-9-6-13(7-10-15)8-11-16(18)14-4-2-1-3-5-14/h1-11,17H,12H2. The monoisotopic (exact) mass is 254 g/mol. The van der Waals surface area contributed by atoms with E-state index >= 15 is 0 Å². The molecule has 0 atom stereocenters. The van der Waals surface area contributed by atoms with Gasteiger partial charge in [0.15, 0.2) is 12.6 Å². The molecule has 19 heavy (non-hydrogen) atoms. The van der Waals surface area contributed by atoms with Crippen molar-refractivity contribution < 1.29 is 14.6 Å². The Kier molecular flexibility index (Phi) is 4.48. The summed E-state index contributed by atoms with van der Waals surface area (Å²) in [5.41, 5.74) is 1.56. The maximum atomic E-state index is 11.8. The summed E-state index contributed by atoms with van der Waals surface area (Å²) in [5.74, 6) is 0.560. The quantitative estimate of drug-likeness (QED) is 0.507. The molecule has 0 saturated carbocycles. The van der Waals surface area contributed by atoms with Crippen LogP contribution in [0.2, 0.25) is 0 Å². The maximum Gasteiger partial charge on any atom is 0.186 e. The lowest BCUT2D eigenvalue weighted by Gasteiger charge is -2.01. The molecule has 0 aliphatic heterocycles. The highest BCUT2D eigenvalue weighted by atomic mass is 16.6. The normalized spacial score (nSPS) is 10.6. The van der Waals surface area contributed by atoms with Crippen LogP contribution in [0, 0.1) is 0 Å². The van der Waals surface area contributed by atoms with Crippen LogP contribution < -0.4 is 4.74 Å². The van der Waals surface area contributed by atoms with E-state index in [0.717, 1.165) is 5.56 Å². The van der Waals surface area contributed by atoms with Gasteiger partial charge in [0.1, 0.15) is 5.75 Å². The molecule has 2 aromatic rings. The predicted molar refractivity (Wildman–Crippen MR) is 74.0 cm³/mol. The van der Waals surface area contributed by atoms with Crippen molar-refractivity contribution in [3.05, 3.63) is 71.8 Å². The molecule has 0 unspecified atom stereocenters. The van der Waals surface area contributed by atoms with Gasteiger partial charge in [0.05, 0.1) is 0 Å². The topological polar surface area (TPSA) is 46.5 Å². The third-order valence-corrected chi connectivity index (χ3v) is 2.60. The molecular formula is C16H14O3. The lowest BCUT2D eigenvalue weighted by atomic mass is 10.1. The highest BCUT2D eigenvalue weighted by molar-refractivity contribution is 6.06. The van der Waals surface area contributed by atoms with E-state index in [-0.39, 0.29) is 12.6 Å². The summed E-state index contributed by atoms with van der Waals surface area (Å²) in [6, 6.07) is 16.2. The lowest BCUT2D eigenvalue weighted by Crippen LogP contribution is -1.94. The minimum absolute atomic E-state index is 0.0312. The molecule has 0 radical (unpaired) electrons. The van der Waals surface area contributed by atoms with Crippen LogP contribution in [-0.4, -0.2) is 17.7 Å². The SMILES string of the molecule is O=C(C=Cc1ccc(OCO)cc1)c1ccccc1. The van der Waals surface area contributed by atoms with Crippen LogP contribution >= 0.6 is 0 Å². The van der Waals surface area contributed by atoms with Gasteiger partial charge in [-0.15, -0.1) is 0 Å². The van der Waals surface area contributed by atoms with Gasteiger partial charge in [0, 0.05) is 5.56 Å². The number of benzene rings is 2. The number of carbonyl (C=O) groups is 1. The van der Waals surface area contributed by atoms with Crippen molar-refractivity contribution in [1.29, 1.82) is 0 Å². The van der Waals surface area contributed by atoms with E-state index in [9.17, 15) is 4.79 Å². The van der Waals surface area contributed by atoms with Crippen molar-refractivity contribution in [2.45, 2.75) is 0 Å².